The van der Waals surface area contributed by atoms with E-state index in [1.165, 1.54) is 58.2 Å². The van der Waals surface area contributed by atoms with Crippen LogP contribution < -0.4 is 5.32 Å². The van der Waals surface area contributed by atoms with Crippen LogP contribution in [0.1, 0.15) is 58.8 Å². The number of nitrogens with one attached hydrogen (secondary N) is 1. The third-order valence-electron chi connectivity index (χ3n) is 3.85. The lowest BCUT2D eigenvalue weighted by atomic mass is 10.1. The van der Waals surface area contributed by atoms with Crippen molar-refractivity contribution in [2.24, 2.45) is 0 Å². The van der Waals surface area contributed by atoms with Crippen molar-refractivity contribution in [1.29, 1.82) is 0 Å². The molecule has 0 bridgehead atoms. The molecule has 1 unspecified atom stereocenters. The predicted octanol–water partition coefficient (Wildman–Crippen LogP) is 3.05. The zero-order valence-corrected chi connectivity index (χ0v) is 13.1. The van der Waals surface area contributed by atoms with E-state index in [-0.39, 0.29) is 0 Å². The molecule has 1 fully saturated rings. The maximum atomic E-state index is 5.88. The van der Waals surface area contributed by atoms with Crippen LogP contribution >= 0.6 is 0 Å². The van der Waals surface area contributed by atoms with Gasteiger partial charge in [-0.25, -0.2) is 0 Å². The minimum absolute atomic E-state index is 0.502. The van der Waals surface area contributed by atoms with Crippen LogP contribution in [-0.4, -0.2) is 50.3 Å². The fraction of sp³-hybridized carbons (Fsp3) is 1.00. The second-order valence-corrected chi connectivity index (χ2v) is 5.70. The number of rotatable bonds is 11. The van der Waals surface area contributed by atoms with Gasteiger partial charge in [-0.15, -0.1) is 0 Å². The summed E-state index contributed by atoms with van der Waals surface area (Å²) in [6.07, 6.45) is 9.65. The summed E-state index contributed by atoms with van der Waals surface area (Å²) in [6.45, 7) is 11.3. The molecule has 1 aliphatic rings. The summed E-state index contributed by atoms with van der Waals surface area (Å²) in [4.78, 5) is 2.61. The summed E-state index contributed by atoms with van der Waals surface area (Å²) in [7, 11) is 0. The smallest absolute Gasteiger partial charge is 0.0702 e. The van der Waals surface area contributed by atoms with Crippen molar-refractivity contribution in [2.45, 2.75) is 64.9 Å². The van der Waals surface area contributed by atoms with Crippen LogP contribution in [-0.2, 0) is 4.74 Å². The van der Waals surface area contributed by atoms with Crippen molar-refractivity contribution in [3.63, 3.8) is 0 Å². The van der Waals surface area contributed by atoms with Gasteiger partial charge in [-0.3, -0.25) is 0 Å². The highest BCUT2D eigenvalue weighted by molar-refractivity contribution is 4.73. The van der Waals surface area contributed by atoms with E-state index >= 15 is 0 Å². The third kappa shape index (κ3) is 8.61. The van der Waals surface area contributed by atoms with Crippen LogP contribution in [0.4, 0.5) is 0 Å². The van der Waals surface area contributed by atoms with E-state index < -0.39 is 0 Å². The zero-order chi connectivity index (χ0) is 13.8. The maximum absolute atomic E-state index is 5.88. The number of hydrogen-bond acceptors (Lipinski definition) is 3. The monoisotopic (exact) mass is 270 g/mol. The molecule has 1 heterocycles. The predicted molar refractivity (Wildman–Crippen MR) is 82.7 cm³/mol. The normalized spacial score (nSPS) is 20.8. The average Bonchev–Trinajstić information content (AvgIpc) is 2.44. The number of unbranched alkanes of at least 4 members (excludes halogenated alkanes) is 3. The number of nitrogens with zero attached hydrogens (tertiary/aromatic N) is 1. The SMILES string of the molecule is CCCOC1CCCN(CCCCCCNCC)C1. The summed E-state index contributed by atoms with van der Waals surface area (Å²) >= 11 is 0. The van der Waals surface area contributed by atoms with Gasteiger partial charge < -0.3 is 15.0 Å². The van der Waals surface area contributed by atoms with Gasteiger partial charge in [-0.1, -0.05) is 26.7 Å². The van der Waals surface area contributed by atoms with E-state index in [0.29, 0.717) is 6.10 Å². The van der Waals surface area contributed by atoms with E-state index in [0.717, 1.165) is 26.1 Å². The van der Waals surface area contributed by atoms with Crippen molar-refractivity contribution in [3.05, 3.63) is 0 Å². The summed E-state index contributed by atoms with van der Waals surface area (Å²) < 4.78 is 5.88. The first kappa shape index (κ1) is 16.9. The Kier molecular flexibility index (Phi) is 10.4. The van der Waals surface area contributed by atoms with Crippen molar-refractivity contribution < 1.29 is 4.74 Å². The Morgan fingerprint density at radius 2 is 2.00 bits per heavy atom. The molecular weight excluding hydrogens is 236 g/mol. The standard InChI is InChI=1S/C16H34N2O/c1-3-14-19-16-10-9-13-18(15-16)12-8-6-5-7-11-17-4-2/h16-17H,3-15H2,1-2H3. The minimum atomic E-state index is 0.502. The fourth-order valence-electron chi connectivity index (χ4n) is 2.75. The van der Waals surface area contributed by atoms with E-state index in [1.807, 2.05) is 0 Å². The van der Waals surface area contributed by atoms with Crippen LogP contribution in [0.3, 0.4) is 0 Å². The molecule has 0 aromatic heterocycles. The van der Waals surface area contributed by atoms with E-state index in [9.17, 15) is 0 Å². The molecule has 0 radical (unpaired) electrons. The fourth-order valence-corrected chi connectivity index (χ4v) is 2.75. The van der Waals surface area contributed by atoms with Gasteiger partial charge in [0.25, 0.3) is 0 Å². The summed E-state index contributed by atoms with van der Waals surface area (Å²) in [6, 6.07) is 0. The topological polar surface area (TPSA) is 24.5 Å². The van der Waals surface area contributed by atoms with Gasteiger partial charge in [0.2, 0.25) is 0 Å². The first-order valence-electron chi connectivity index (χ1n) is 8.41. The minimum Gasteiger partial charge on any atom is -0.377 e. The highest BCUT2D eigenvalue weighted by Gasteiger charge is 2.19. The molecule has 0 aliphatic carbocycles. The number of hydrogen-bond donors (Lipinski definition) is 1. The van der Waals surface area contributed by atoms with Gasteiger partial charge in [0.15, 0.2) is 0 Å². The van der Waals surface area contributed by atoms with Gasteiger partial charge in [0.1, 0.15) is 0 Å². The summed E-state index contributed by atoms with van der Waals surface area (Å²) in [5, 5.41) is 3.39. The third-order valence-corrected chi connectivity index (χ3v) is 3.85. The molecule has 0 amide bonds. The second kappa shape index (κ2) is 11.7. The van der Waals surface area contributed by atoms with Crippen molar-refractivity contribution in [1.82, 2.24) is 10.2 Å². The first-order chi connectivity index (χ1) is 9.36. The largest absolute Gasteiger partial charge is 0.377 e. The highest BCUT2D eigenvalue weighted by atomic mass is 16.5. The van der Waals surface area contributed by atoms with Gasteiger partial charge in [0.05, 0.1) is 6.10 Å². The van der Waals surface area contributed by atoms with E-state index in [2.05, 4.69) is 24.1 Å². The molecule has 1 rings (SSSR count). The maximum Gasteiger partial charge on any atom is 0.0702 e. The molecular formula is C16H34N2O. The molecule has 3 nitrogen and oxygen atoms in total. The Hall–Kier alpha value is -0.120. The quantitative estimate of drug-likeness (QED) is 0.584. The molecule has 0 aromatic rings. The number of ether oxygens (including phenoxy) is 1. The second-order valence-electron chi connectivity index (χ2n) is 5.70. The lowest BCUT2D eigenvalue weighted by molar-refractivity contribution is -0.000360. The Labute approximate surface area is 120 Å². The molecule has 1 aliphatic heterocycles. The molecule has 1 atom stereocenters. The summed E-state index contributed by atoms with van der Waals surface area (Å²) in [5.74, 6) is 0. The van der Waals surface area contributed by atoms with Gasteiger partial charge in [-0.2, -0.15) is 0 Å². The first-order valence-corrected chi connectivity index (χ1v) is 8.41. The number of piperidine rings is 1. The Morgan fingerprint density at radius 3 is 2.79 bits per heavy atom. The molecule has 1 N–H and O–H groups in total. The highest BCUT2D eigenvalue weighted by Crippen LogP contribution is 2.14. The van der Waals surface area contributed by atoms with Gasteiger partial charge >= 0.3 is 0 Å². The van der Waals surface area contributed by atoms with Crippen LogP contribution in [0.2, 0.25) is 0 Å². The molecule has 1 saturated heterocycles. The van der Waals surface area contributed by atoms with Crippen LogP contribution in [0.5, 0.6) is 0 Å². The van der Waals surface area contributed by atoms with Crippen LogP contribution in [0.15, 0.2) is 0 Å². The Bertz CT molecular complexity index is 199. The van der Waals surface area contributed by atoms with Gasteiger partial charge in [0, 0.05) is 13.2 Å². The van der Waals surface area contributed by atoms with Crippen molar-refractivity contribution in [3.8, 4) is 0 Å². The Morgan fingerprint density at radius 1 is 1.16 bits per heavy atom. The molecule has 0 aromatic carbocycles. The molecule has 0 saturated carbocycles. The van der Waals surface area contributed by atoms with Crippen LogP contribution in [0, 0.1) is 0 Å². The molecule has 0 spiro atoms. The van der Waals surface area contributed by atoms with Crippen molar-refractivity contribution >= 4 is 0 Å². The average molecular weight is 270 g/mol. The molecule has 3 heteroatoms. The van der Waals surface area contributed by atoms with E-state index in [1.54, 1.807) is 0 Å². The van der Waals surface area contributed by atoms with Crippen molar-refractivity contribution in [2.75, 3.05) is 39.3 Å². The molecule has 114 valence electrons. The molecule has 19 heavy (non-hydrogen) atoms. The number of likely N-dealkylation sites (tertiary alicyclic amines) is 1. The van der Waals surface area contributed by atoms with Gasteiger partial charge in [-0.05, 0) is 58.3 Å². The lowest BCUT2D eigenvalue weighted by Gasteiger charge is -2.32. The van der Waals surface area contributed by atoms with Crippen LogP contribution in [0.25, 0.3) is 0 Å². The van der Waals surface area contributed by atoms with E-state index in [4.69, 9.17) is 4.74 Å². The summed E-state index contributed by atoms with van der Waals surface area (Å²) in [5.41, 5.74) is 0. The Balaban J connectivity index is 1.96. The zero-order valence-electron chi connectivity index (χ0n) is 13.1. The lowest BCUT2D eigenvalue weighted by Crippen LogP contribution is -2.40.